The van der Waals surface area contributed by atoms with Gasteiger partial charge in [-0.05, 0) is 67.9 Å². The number of aliphatic carboxylic acids is 1. The molecule has 0 unspecified atom stereocenters. The number of nitrogens with zero attached hydrogens (tertiary/aromatic N) is 2. The van der Waals surface area contributed by atoms with Crippen molar-refractivity contribution >= 4 is 40.6 Å². The largest absolute Gasteiger partial charge is 0.482 e. The fourth-order valence-corrected chi connectivity index (χ4v) is 3.91. The van der Waals surface area contributed by atoms with Crippen molar-refractivity contribution in [1.29, 1.82) is 0 Å². The standard InChI is InChI=1S/C23H24N2O4S/c1-4-16(3)25-22(28)20(30-23(25)24-18-9-5-15(2)6-10-18)13-17-7-11-19(12-8-17)29-14-21(26)27/h5-13,16H,4,14H2,1-3H3,(H,26,27)/b20-13+,24-23?/t16-/m0/s1. The zero-order valence-corrected chi connectivity index (χ0v) is 18.0. The van der Waals surface area contributed by atoms with E-state index in [0.29, 0.717) is 15.8 Å². The lowest BCUT2D eigenvalue weighted by molar-refractivity contribution is -0.139. The van der Waals surface area contributed by atoms with E-state index in [4.69, 9.17) is 14.8 Å². The van der Waals surface area contributed by atoms with Crippen molar-refractivity contribution in [3.63, 3.8) is 0 Å². The SMILES string of the molecule is CC[C@H](C)N1C(=O)/C(=C\c2ccc(OCC(=O)O)cc2)SC1=Nc1ccc(C)cc1. The molecule has 1 amide bonds. The molecule has 1 saturated heterocycles. The van der Waals surface area contributed by atoms with Crippen molar-refractivity contribution in [3.8, 4) is 5.75 Å². The molecule has 3 rings (SSSR count). The predicted molar refractivity (Wildman–Crippen MR) is 120 cm³/mol. The molecule has 2 aromatic carbocycles. The van der Waals surface area contributed by atoms with Crippen LogP contribution in [0.1, 0.15) is 31.4 Å². The first-order chi connectivity index (χ1) is 14.4. The van der Waals surface area contributed by atoms with E-state index >= 15 is 0 Å². The second kappa shape index (κ2) is 9.63. The van der Waals surface area contributed by atoms with Gasteiger partial charge in [0.2, 0.25) is 0 Å². The van der Waals surface area contributed by atoms with Crippen LogP contribution in [-0.4, -0.2) is 39.7 Å². The maximum atomic E-state index is 13.1. The van der Waals surface area contributed by atoms with E-state index in [0.717, 1.165) is 23.2 Å². The summed E-state index contributed by atoms with van der Waals surface area (Å²) in [6.45, 7) is 5.69. The average molecular weight is 425 g/mol. The van der Waals surface area contributed by atoms with Gasteiger partial charge in [0.1, 0.15) is 5.75 Å². The van der Waals surface area contributed by atoms with Crippen LogP contribution in [0.2, 0.25) is 0 Å². The van der Waals surface area contributed by atoms with Gasteiger partial charge in [-0.15, -0.1) is 0 Å². The molecule has 0 saturated carbocycles. The highest BCUT2D eigenvalue weighted by Gasteiger charge is 2.36. The molecule has 30 heavy (non-hydrogen) atoms. The molecule has 0 bridgehead atoms. The lowest BCUT2D eigenvalue weighted by Crippen LogP contribution is -2.36. The number of aryl methyl sites for hydroxylation is 1. The highest BCUT2D eigenvalue weighted by molar-refractivity contribution is 8.18. The summed E-state index contributed by atoms with van der Waals surface area (Å²) in [6, 6.07) is 14.9. The van der Waals surface area contributed by atoms with E-state index in [1.165, 1.54) is 11.8 Å². The molecule has 0 aromatic heterocycles. The number of benzene rings is 2. The fraction of sp³-hybridized carbons (Fsp3) is 0.261. The molecular weight excluding hydrogens is 400 g/mol. The minimum Gasteiger partial charge on any atom is -0.482 e. The van der Waals surface area contributed by atoms with E-state index in [-0.39, 0.29) is 11.9 Å². The number of carboxylic acids is 1. The van der Waals surface area contributed by atoms with E-state index in [2.05, 4.69) is 0 Å². The topological polar surface area (TPSA) is 79.2 Å². The number of hydrogen-bond acceptors (Lipinski definition) is 5. The smallest absolute Gasteiger partial charge is 0.341 e. The molecule has 0 aliphatic carbocycles. The maximum Gasteiger partial charge on any atom is 0.341 e. The predicted octanol–water partition coefficient (Wildman–Crippen LogP) is 4.86. The van der Waals surface area contributed by atoms with Gasteiger partial charge in [-0.25, -0.2) is 9.79 Å². The van der Waals surface area contributed by atoms with Gasteiger partial charge in [-0.1, -0.05) is 36.8 Å². The third-order valence-electron chi connectivity index (χ3n) is 4.67. The number of carbonyl (C=O) groups is 2. The molecule has 156 valence electrons. The second-order valence-electron chi connectivity index (χ2n) is 7.02. The quantitative estimate of drug-likeness (QED) is 0.642. The molecule has 7 heteroatoms. The summed E-state index contributed by atoms with van der Waals surface area (Å²) in [5.41, 5.74) is 2.80. The Morgan fingerprint density at radius 2 is 1.87 bits per heavy atom. The lowest BCUT2D eigenvalue weighted by atomic mass is 10.2. The number of ether oxygens (including phenoxy) is 1. The molecule has 1 aliphatic heterocycles. The lowest BCUT2D eigenvalue weighted by Gasteiger charge is -2.22. The van der Waals surface area contributed by atoms with Gasteiger partial charge in [0.25, 0.3) is 5.91 Å². The molecule has 1 aliphatic rings. The van der Waals surface area contributed by atoms with Crippen molar-refractivity contribution in [2.24, 2.45) is 4.99 Å². The van der Waals surface area contributed by atoms with Crippen molar-refractivity contribution in [2.75, 3.05) is 6.61 Å². The number of carbonyl (C=O) groups excluding carboxylic acids is 1. The molecule has 1 N–H and O–H groups in total. The first-order valence-corrected chi connectivity index (χ1v) is 10.5. The van der Waals surface area contributed by atoms with Gasteiger partial charge < -0.3 is 9.84 Å². The molecule has 0 spiro atoms. The molecule has 6 nitrogen and oxygen atoms in total. The molecule has 0 radical (unpaired) electrons. The Morgan fingerprint density at radius 1 is 1.20 bits per heavy atom. The van der Waals surface area contributed by atoms with Crippen molar-refractivity contribution in [3.05, 3.63) is 64.6 Å². The van der Waals surface area contributed by atoms with E-state index < -0.39 is 12.6 Å². The first kappa shape index (κ1) is 21.6. The van der Waals surface area contributed by atoms with Gasteiger partial charge in [0.05, 0.1) is 10.6 Å². The summed E-state index contributed by atoms with van der Waals surface area (Å²) < 4.78 is 5.15. The Bertz CT molecular complexity index is 981. The van der Waals surface area contributed by atoms with Crippen LogP contribution in [0.25, 0.3) is 6.08 Å². The highest BCUT2D eigenvalue weighted by Crippen LogP contribution is 2.36. The summed E-state index contributed by atoms with van der Waals surface area (Å²) in [5.74, 6) is -0.626. The minimum atomic E-state index is -1.03. The number of aliphatic imine (C=N–C) groups is 1. The Morgan fingerprint density at radius 3 is 2.47 bits per heavy atom. The summed E-state index contributed by atoms with van der Waals surface area (Å²) >= 11 is 1.36. The average Bonchev–Trinajstić information content (AvgIpc) is 3.03. The molecule has 1 heterocycles. The number of thioether (sulfide) groups is 1. The normalized spacial score (nSPS) is 17.6. The highest BCUT2D eigenvalue weighted by atomic mass is 32.2. The van der Waals surface area contributed by atoms with Crippen LogP contribution in [0.4, 0.5) is 5.69 Å². The molecule has 1 atom stereocenters. The number of rotatable bonds is 7. The van der Waals surface area contributed by atoms with Crippen LogP contribution >= 0.6 is 11.8 Å². The number of hydrogen-bond donors (Lipinski definition) is 1. The van der Waals surface area contributed by atoms with Gasteiger partial charge in [-0.3, -0.25) is 9.69 Å². The zero-order valence-electron chi connectivity index (χ0n) is 17.2. The maximum absolute atomic E-state index is 13.1. The number of carboxylic acid groups (broad SMARTS) is 1. The van der Waals surface area contributed by atoms with Crippen molar-refractivity contribution in [2.45, 2.75) is 33.2 Å². The van der Waals surface area contributed by atoms with E-state index in [1.807, 2.05) is 51.1 Å². The monoisotopic (exact) mass is 424 g/mol. The summed E-state index contributed by atoms with van der Waals surface area (Å²) in [4.78, 5) is 30.7. The number of amidine groups is 1. The zero-order chi connectivity index (χ0) is 21.7. The van der Waals surface area contributed by atoms with Crippen LogP contribution < -0.4 is 4.74 Å². The van der Waals surface area contributed by atoms with Gasteiger partial charge in [-0.2, -0.15) is 0 Å². The summed E-state index contributed by atoms with van der Waals surface area (Å²) in [7, 11) is 0. The third kappa shape index (κ3) is 5.30. The van der Waals surface area contributed by atoms with Crippen LogP contribution in [0.15, 0.2) is 58.4 Å². The first-order valence-electron chi connectivity index (χ1n) is 9.70. The fourth-order valence-electron chi connectivity index (χ4n) is 2.82. The Balaban J connectivity index is 1.85. The van der Waals surface area contributed by atoms with Gasteiger partial charge >= 0.3 is 5.97 Å². The summed E-state index contributed by atoms with van der Waals surface area (Å²) in [5, 5.41) is 9.36. The van der Waals surface area contributed by atoms with Crippen LogP contribution in [0.3, 0.4) is 0 Å². The Labute approximate surface area is 180 Å². The van der Waals surface area contributed by atoms with Gasteiger partial charge in [0, 0.05) is 6.04 Å². The van der Waals surface area contributed by atoms with Crippen LogP contribution in [0, 0.1) is 6.92 Å². The van der Waals surface area contributed by atoms with Crippen molar-refractivity contribution in [1.82, 2.24) is 4.90 Å². The minimum absolute atomic E-state index is 0.0342. The molecular formula is C23H24N2O4S. The number of amides is 1. The third-order valence-corrected chi connectivity index (χ3v) is 5.65. The molecule has 2 aromatic rings. The molecule has 1 fully saturated rings. The van der Waals surface area contributed by atoms with E-state index in [9.17, 15) is 9.59 Å². The van der Waals surface area contributed by atoms with Crippen LogP contribution in [-0.2, 0) is 9.59 Å². The van der Waals surface area contributed by atoms with Crippen molar-refractivity contribution < 1.29 is 19.4 Å². The Hall–Kier alpha value is -3.06. The van der Waals surface area contributed by atoms with Gasteiger partial charge in [0.15, 0.2) is 11.8 Å². The summed E-state index contributed by atoms with van der Waals surface area (Å²) in [6.07, 6.45) is 2.64. The van der Waals surface area contributed by atoms with E-state index in [1.54, 1.807) is 29.2 Å². The second-order valence-corrected chi connectivity index (χ2v) is 8.03. The van der Waals surface area contributed by atoms with Crippen LogP contribution in [0.5, 0.6) is 5.75 Å². The Kier molecular flexibility index (Phi) is 6.95.